The molecular formula is C23H20CuN6O5S. The van der Waals surface area contributed by atoms with E-state index in [2.05, 4.69) is 20.5 Å². The van der Waals surface area contributed by atoms with Gasteiger partial charge in [-0.1, -0.05) is 6.07 Å². The summed E-state index contributed by atoms with van der Waals surface area (Å²) in [5.41, 5.74) is 13.3. The maximum atomic E-state index is 11.9. The Balaban J connectivity index is 0.00000361. The molecule has 0 amide bonds. The molecule has 0 bridgehead atoms. The van der Waals surface area contributed by atoms with Gasteiger partial charge in [0.1, 0.15) is 22.0 Å². The molecule has 0 saturated carbocycles. The first-order valence-corrected chi connectivity index (χ1v) is 11.5. The number of phenolic OH excluding ortho intramolecular Hbond substituents is 2. The fraction of sp³-hybridized carbons (Fsp3) is 0.0435. The molecule has 36 heavy (non-hydrogen) atoms. The van der Waals surface area contributed by atoms with Gasteiger partial charge in [0.25, 0.3) is 10.1 Å². The number of nitrogen functional groups attached to an aromatic ring is 2. The predicted octanol–water partition coefficient (Wildman–Crippen LogP) is 5.80. The molecule has 0 unspecified atom stereocenters. The molecule has 189 valence electrons. The molecule has 4 rings (SSSR count). The van der Waals surface area contributed by atoms with Crippen LogP contribution in [0.15, 0.2) is 86.0 Å². The Bertz CT molecular complexity index is 1620. The van der Waals surface area contributed by atoms with E-state index in [1.54, 1.807) is 31.2 Å². The summed E-state index contributed by atoms with van der Waals surface area (Å²) in [7, 11) is -4.77. The van der Waals surface area contributed by atoms with Crippen molar-refractivity contribution in [3.8, 4) is 11.5 Å². The Morgan fingerprint density at radius 1 is 0.778 bits per heavy atom. The molecule has 4 aromatic rings. The third kappa shape index (κ3) is 5.61. The Kier molecular flexibility index (Phi) is 7.60. The summed E-state index contributed by atoms with van der Waals surface area (Å²) in [6, 6.07) is 15.1. The molecule has 0 aliphatic carbocycles. The SMILES string of the molecule is Cc1cc(N=Nc2c(S(=O)(=O)O)cc3ccc(N)cc3c2O)c(O)cc1N=Nc1ccc(N)cc1.[Cu]. The molecule has 0 heterocycles. The fourth-order valence-corrected chi connectivity index (χ4v) is 3.92. The van der Waals surface area contributed by atoms with E-state index in [1.165, 1.54) is 30.3 Å². The Hall–Kier alpha value is -4.03. The number of anilines is 2. The minimum atomic E-state index is -4.77. The average Bonchev–Trinajstić information content (AvgIpc) is 2.80. The van der Waals surface area contributed by atoms with Crippen molar-refractivity contribution in [2.45, 2.75) is 11.8 Å². The van der Waals surface area contributed by atoms with Crippen LogP contribution < -0.4 is 11.5 Å². The van der Waals surface area contributed by atoms with E-state index < -0.39 is 26.5 Å². The fourth-order valence-electron chi connectivity index (χ4n) is 3.27. The molecule has 0 atom stereocenters. The van der Waals surface area contributed by atoms with Crippen molar-refractivity contribution in [3.63, 3.8) is 0 Å². The van der Waals surface area contributed by atoms with E-state index in [0.717, 1.165) is 6.07 Å². The third-order valence-electron chi connectivity index (χ3n) is 5.07. The van der Waals surface area contributed by atoms with Crippen LogP contribution in [0.25, 0.3) is 10.8 Å². The average molecular weight is 556 g/mol. The van der Waals surface area contributed by atoms with E-state index in [-0.39, 0.29) is 33.9 Å². The van der Waals surface area contributed by atoms with Crippen LogP contribution >= 0.6 is 0 Å². The minimum Gasteiger partial charge on any atom is -0.506 e. The zero-order valence-electron chi connectivity index (χ0n) is 18.6. The van der Waals surface area contributed by atoms with Crippen LogP contribution in [0.4, 0.5) is 34.1 Å². The van der Waals surface area contributed by atoms with Gasteiger partial charge in [-0.15, -0.1) is 10.2 Å². The summed E-state index contributed by atoms with van der Waals surface area (Å²) < 4.78 is 33.5. The molecule has 4 aromatic carbocycles. The van der Waals surface area contributed by atoms with Gasteiger partial charge in [-0.05, 0) is 66.4 Å². The van der Waals surface area contributed by atoms with Gasteiger partial charge >= 0.3 is 0 Å². The van der Waals surface area contributed by atoms with Gasteiger partial charge in [0.2, 0.25) is 0 Å². The number of hydrogen-bond acceptors (Lipinski definition) is 10. The first-order chi connectivity index (χ1) is 16.5. The number of aryl methyl sites for hydroxylation is 1. The normalized spacial score (nSPS) is 11.8. The topological polar surface area (TPSA) is 196 Å². The summed E-state index contributed by atoms with van der Waals surface area (Å²) >= 11 is 0. The number of fused-ring (bicyclic) bond motifs is 1. The van der Waals surface area contributed by atoms with Crippen LogP contribution in [0.1, 0.15) is 5.56 Å². The quantitative estimate of drug-likeness (QED) is 0.0886. The molecule has 0 aliphatic rings. The van der Waals surface area contributed by atoms with Crippen LogP contribution in [-0.4, -0.2) is 23.2 Å². The zero-order chi connectivity index (χ0) is 25.3. The summed E-state index contributed by atoms with van der Waals surface area (Å²) in [6.45, 7) is 1.70. The van der Waals surface area contributed by atoms with Gasteiger partial charge in [-0.2, -0.15) is 18.6 Å². The van der Waals surface area contributed by atoms with Crippen LogP contribution in [-0.2, 0) is 27.2 Å². The number of aromatic hydroxyl groups is 2. The van der Waals surface area contributed by atoms with Crippen molar-refractivity contribution in [3.05, 3.63) is 66.2 Å². The van der Waals surface area contributed by atoms with Gasteiger partial charge in [-0.25, -0.2) is 0 Å². The van der Waals surface area contributed by atoms with Gasteiger partial charge in [0, 0.05) is 39.9 Å². The van der Waals surface area contributed by atoms with Crippen molar-refractivity contribution >= 4 is 55.0 Å². The van der Waals surface area contributed by atoms with Gasteiger partial charge in [-0.3, -0.25) is 4.55 Å². The standard InChI is InChI=1S/C23H20N6O5S.Cu/c1-12-8-19(20(30)11-18(12)27-26-16-6-4-14(24)5-7-16)28-29-22-21(35(32,33)34)9-13-2-3-15(25)10-17(13)23(22)31;/h2-11,30-31H,24-25H2,1H3,(H,32,33,34);. The van der Waals surface area contributed by atoms with Crippen LogP contribution in [0.3, 0.4) is 0 Å². The maximum Gasteiger partial charge on any atom is 0.296 e. The minimum absolute atomic E-state index is 0. The summed E-state index contributed by atoms with van der Waals surface area (Å²) in [6.07, 6.45) is 0. The molecule has 7 N–H and O–H groups in total. The number of benzene rings is 4. The second-order valence-electron chi connectivity index (χ2n) is 7.65. The van der Waals surface area contributed by atoms with Crippen LogP contribution in [0, 0.1) is 6.92 Å². The van der Waals surface area contributed by atoms with E-state index >= 15 is 0 Å². The molecule has 13 heteroatoms. The second kappa shape index (κ2) is 10.3. The van der Waals surface area contributed by atoms with Gasteiger partial charge in [0.15, 0.2) is 5.75 Å². The van der Waals surface area contributed by atoms with Crippen molar-refractivity contribution in [1.82, 2.24) is 0 Å². The summed E-state index contributed by atoms with van der Waals surface area (Å²) in [5, 5.41) is 37.6. The molecule has 0 aromatic heterocycles. The van der Waals surface area contributed by atoms with E-state index in [0.29, 0.717) is 33.7 Å². The monoisotopic (exact) mass is 555 g/mol. The van der Waals surface area contributed by atoms with E-state index in [9.17, 15) is 23.2 Å². The second-order valence-corrected chi connectivity index (χ2v) is 9.04. The molecule has 11 nitrogen and oxygen atoms in total. The Morgan fingerprint density at radius 3 is 2.08 bits per heavy atom. The Morgan fingerprint density at radius 2 is 1.42 bits per heavy atom. The molecule has 0 spiro atoms. The largest absolute Gasteiger partial charge is 0.506 e. The number of rotatable bonds is 5. The van der Waals surface area contributed by atoms with E-state index in [4.69, 9.17) is 11.5 Å². The van der Waals surface area contributed by atoms with Crippen LogP contribution in [0.5, 0.6) is 11.5 Å². The maximum absolute atomic E-state index is 11.9. The third-order valence-corrected chi connectivity index (χ3v) is 5.94. The summed E-state index contributed by atoms with van der Waals surface area (Å²) in [4.78, 5) is -0.652. The first kappa shape index (κ1) is 26.6. The van der Waals surface area contributed by atoms with E-state index in [1.807, 2.05) is 0 Å². The number of nitrogens with two attached hydrogens (primary N) is 2. The number of azo groups is 2. The first-order valence-electron chi connectivity index (χ1n) is 10.1. The Labute approximate surface area is 216 Å². The van der Waals surface area contributed by atoms with Crippen LogP contribution in [0.2, 0.25) is 0 Å². The number of hydrogen-bond donors (Lipinski definition) is 5. The zero-order valence-corrected chi connectivity index (χ0v) is 20.3. The van der Waals surface area contributed by atoms with Crippen molar-refractivity contribution in [2.75, 3.05) is 11.5 Å². The predicted molar refractivity (Wildman–Crippen MR) is 132 cm³/mol. The number of nitrogens with zero attached hydrogens (tertiary/aromatic N) is 4. The van der Waals surface area contributed by atoms with Gasteiger partial charge in [0.05, 0.1) is 11.4 Å². The van der Waals surface area contributed by atoms with Crippen molar-refractivity contribution in [1.29, 1.82) is 0 Å². The van der Waals surface area contributed by atoms with Crippen molar-refractivity contribution < 1.29 is 40.3 Å². The molecular weight excluding hydrogens is 536 g/mol. The summed E-state index contributed by atoms with van der Waals surface area (Å²) in [5.74, 6) is -0.861. The molecule has 0 fully saturated rings. The smallest absolute Gasteiger partial charge is 0.296 e. The molecule has 0 aliphatic heterocycles. The molecule has 1 radical (unpaired) electrons. The number of phenols is 2. The van der Waals surface area contributed by atoms with Crippen molar-refractivity contribution in [2.24, 2.45) is 20.5 Å². The van der Waals surface area contributed by atoms with Gasteiger partial charge < -0.3 is 21.7 Å². The molecule has 0 saturated heterocycles.